The fourth-order valence-electron chi connectivity index (χ4n) is 3.40. The predicted molar refractivity (Wildman–Crippen MR) is 128 cm³/mol. The molecule has 0 aliphatic rings. The first-order valence-corrected chi connectivity index (χ1v) is 11.3. The normalized spacial score (nSPS) is 10.9. The average Bonchev–Trinajstić information content (AvgIpc) is 3.35. The molecule has 2 aromatic heterocycles. The molecule has 0 unspecified atom stereocenters. The molecule has 4 rings (SSSR count). The summed E-state index contributed by atoms with van der Waals surface area (Å²) in [6.07, 6.45) is 0. The van der Waals surface area contributed by atoms with E-state index in [0.29, 0.717) is 27.7 Å². The van der Waals surface area contributed by atoms with Crippen LogP contribution in [0.15, 0.2) is 54.6 Å². The summed E-state index contributed by atoms with van der Waals surface area (Å²) >= 11 is 7.52. The highest BCUT2D eigenvalue weighted by Crippen LogP contribution is 2.30. The molecule has 0 atom stereocenters. The number of nitrogens with one attached hydrogen (secondary N) is 1. The second kappa shape index (κ2) is 9.56. The summed E-state index contributed by atoms with van der Waals surface area (Å²) in [4.78, 5) is 37.7. The van der Waals surface area contributed by atoms with E-state index < -0.39 is 18.5 Å². The number of carbonyl (C=O) groups is 3. The topological polar surface area (TPSA) is 90.3 Å². The highest BCUT2D eigenvalue weighted by atomic mass is 35.5. The molecular formula is C24H20ClN3O4S. The molecule has 0 aliphatic heterocycles. The lowest BCUT2D eigenvalue weighted by Gasteiger charge is -2.09. The number of anilines is 1. The minimum Gasteiger partial charge on any atom is -0.451 e. The molecule has 0 saturated carbocycles. The lowest BCUT2D eigenvalue weighted by molar-refractivity contribution is -0.119. The average molecular weight is 482 g/mol. The van der Waals surface area contributed by atoms with Gasteiger partial charge in [-0.25, -0.2) is 4.79 Å². The number of hydrogen-bond donors (Lipinski definition) is 1. The van der Waals surface area contributed by atoms with Crippen molar-refractivity contribution in [3.63, 3.8) is 0 Å². The number of nitrogens with zero attached hydrogens (tertiary/aromatic N) is 2. The van der Waals surface area contributed by atoms with E-state index in [1.165, 1.54) is 18.3 Å². The number of benzene rings is 2. The molecule has 2 heterocycles. The molecule has 4 aromatic rings. The van der Waals surface area contributed by atoms with Crippen LogP contribution in [0, 0.1) is 6.92 Å². The van der Waals surface area contributed by atoms with Crippen molar-refractivity contribution in [2.24, 2.45) is 0 Å². The van der Waals surface area contributed by atoms with Crippen LogP contribution in [-0.4, -0.2) is 34.0 Å². The van der Waals surface area contributed by atoms with Gasteiger partial charge in [0.1, 0.15) is 9.71 Å². The number of ketones is 1. The molecule has 7 nitrogen and oxygen atoms in total. The van der Waals surface area contributed by atoms with Crippen LogP contribution in [0.2, 0.25) is 5.02 Å². The lowest BCUT2D eigenvalue weighted by atomic mass is 10.1. The maximum Gasteiger partial charge on any atom is 0.348 e. The number of hydrogen-bond acceptors (Lipinski definition) is 6. The molecule has 168 valence electrons. The van der Waals surface area contributed by atoms with E-state index in [1.54, 1.807) is 35.0 Å². The van der Waals surface area contributed by atoms with Gasteiger partial charge in [-0.1, -0.05) is 41.9 Å². The first-order chi connectivity index (χ1) is 15.8. The van der Waals surface area contributed by atoms with Crippen LogP contribution < -0.4 is 5.32 Å². The molecule has 0 bridgehead atoms. The maximum absolute atomic E-state index is 12.6. The number of carbonyl (C=O) groups excluding carboxylic acids is 3. The molecule has 0 fully saturated rings. The number of amides is 1. The summed E-state index contributed by atoms with van der Waals surface area (Å²) in [5.41, 5.74) is 2.47. The second-order valence-corrected chi connectivity index (χ2v) is 8.83. The number of fused-ring (bicyclic) bond motifs is 1. The number of para-hydroxylation sites is 1. The van der Waals surface area contributed by atoms with E-state index in [2.05, 4.69) is 10.4 Å². The van der Waals surface area contributed by atoms with Crippen LogP contribution in [0.4, 0.5) is 5.69 Å². The van der Waals surface area contributed by atoms with Crippen LogP contribution in [-0.2, 0) is 16.1 Å². The van der Waals surface area contributed by atoms with Crippen LogP contribution in [0.5, 0.6) is 0 Å². The Morgan fingerprint density at radius 3 is 2.61 bits per heavy atom. The van der Waals surface area contributed by atoms with E-state index in [1.807, 2.05) is 31.2 Å². The largest absolute Gasteiger partial charge is 0.451 e. The highest BCUT2D eigenvalue weighted by molar-refractivity contribution is 7.20. The summed E-state index contributed by atoms with van der Waals surface area (Å²) < 4.78 is 7.01. The Hall–Kier alpha value is -3.49. The van der Waals surface area contributed by atoms with Gasteiger partial charge in [-0.3, -0.25) is 14.3 Å². The fourth-order valence-corrected chi connectivity index (χ4v) is 4.65. The van der Waals surface area contributed by atoms with Crippen LogP contribution in [0.3, 0.4) is 0 Å². The Balaban J connectivity index is 1.45. The molecule has 1 amide bonds. The van der Waals surface area contributed by atoms with Gasteiger partial charge < -0.3 is 10.1 Å². The Morgan fingerprint density at radius 1 is 1.12 bits per heavy atom. The molecule has 9 heteroatoms. The van der Waals surface area contributed by atoms with Gasteiger partial charge in [0, 0.05) is 16.0 Å². The SMILES string of the molecule is CC(=O)c1ccccc1NC(=O)COC(=O)c1cc2c(C)nn(Cc3ccccc3Cl)c2s1. The molecule has 1 N–H and O–H groups in total. The van der Waals surface area contributed by atoms with Gasteiger partial charge in [0.25, 0.3) is 5.91 Å². The van der Waals surface area contributed by atoms with Gasteiger partial charge in [0.15, 0.2) is 12.4 Å². The Bertz CT molecular complexity index is 1380. The molecule has 33 heavy (non-hydrogen) atoms. The summed E-state index contributed by atoms with van der Waals surface area (Å²) in [5.74, 6) is -1.30. The molecule has 0 spiro atoms. The lowest BCUT2D eigenvalue weighted by Crippen LogP contribution is -2.21. The van der Waals surface area contributed by atoms with Crippen molar-refractivity contribution in [1.82, 2.24) is 9.78 Å². The number of Topliss-reactive ketones (excluding diaryl/α,β-unsaturated/α-hetero) is 1. The monoisotopic (exact) mass is 481 g/mol. The summed E-state index contributed by atoms with van der Waals surface area (Å²) in [7, 11) is 0. The van der Waals surface area contributed by atoms with Crippen LogP contribution >= 0.6 is 22.9 Å². The third-order valence-electron chi connectivity index (χ3n) is 5.00. The van der Waals surface area contributed by atoms with Gasteiger partial charge in [-0.2, -0.15) is 5.10 Å². The Morgan fingerprint density at radius 2 is 1.85 bits per heavy atom. The summed E-state index contributed by atoms with van der Waals surface area (Å²) in [6.45, 7) is 3.29. The minimum atomic E-state index is -0.602. The van der Waals surface area contributed by atoms with Gasteiger partial charge in [0.2, 0.25) is 0 Å². The first-order valence-electron chi connectivity index (χ1n) is 10.1. The summed E-state index contributed by atoms with van der Waals surface area (Å²) in [5, 5.41) is 8.66. The minimum absolute atomic E-state index is 0.172. The Kier molecular flexibility index (Phi) is 6.57. The molecule has 0 saturated heterocycles. The van der Waals surface area contributed by atoms with Gasteiger partial charge in [0.05, 0.1) is 17.9 Å². The number of aryl methyl sites for hydroxylation is 1. The fraction of sp³-hybridized carbons (Fsp3) is 0.167. The van der Waals surface area contributed by atoms with Crippen molar-refractivity contribution in [1.29, 1.82) is 0 Å². The van der Waals surface area contributed by atoms with Crippen molar-refractivity contribution < 1.29 is 19.1 Å². The van der Waals surface area contributed by atoms with Gasteiger partial charge in [-0.05, 0) is 43.7 Å². The number of halogens is 1. The zero-order chi connectivity index (χ0) is 23.5. The number of esters is 1. The molecule has 0 radical (unpaired) electrons. The number of rotatable bonds is 7. The zero-order valence-electron chi connectivity index (χ0n) is 17.9. The van der Waals surface area contributed by atoms with E-state index in [9.17, 15) is 14.4 Å². The number of ether oxygens (including phenoxy) is 1. The first kappa shape index (κ1) is 22.7. The maximum atomic E-state index is 12.6. The molecule has 2 aromatic carbocycles. The van der Waals surface area contributed by atoms with Crippen molar-refractivity contribution in [2.75, 3.05) is 11.9 Å². The van der Waals surface area contributed by atoms with E-state index in [-0.39, 0.29) is 5.78 Å². The van der Waals surface area contributed by atoms with Crippen molar-refractivity contribution in [3.05, 3.63) is 81.3 Å². The van der Waals surface area contributed by atoms with E-state index >= 15 is 0 Å². The van der Waals surface area contributed by atoms with E-state index in [0.717, 1.165) is 21.5 Å². The molecule has 0 aliphatic carbocycles. The smallest absolute Gasteiger partial charge is 0.348 e. The van der Waals surface area contributed by atoms with Crippen molar-refractivity contribution >= 4 is 56.5 Å². The van der Waals surface area contributed by atoms with Gasteiger partial charge in [-0.15, -0.1) is 11.3 Å². The van der Waals surface area contributed by atoms with E-state index in [4.69, 9.17) is 16.3 Å². The number of thiophene rings is 1. The predicted octanol–water partition coefficient (Wildman–Crippen LogP) is 5.11. The standard InChI is InChI=1S/C24H20ClN3O4S/c1-14-18-11-21(33-23(18)28(27-14)12-16-7-3-5-9-19(16)25)24(31)32-13-22(30)26-20-10-6-4-8-17(20)15(2)29/h3-11H,12-13H2,1-2H3,(H,26,30). The van der Waals surface area contributed by atoms with Crippen molar-refractivity contribution in [2.45, 2.75) is 20.4 Å². The number of aromatic nitrogens is 2. The Labute approximate surface area is 198 Å². The zero-order valence-corrected chi connectivity index (χ0v) is 19.5. The highest BCUT2D eigenvalue weighted by Gasteiger charge is 2.19. The van der Waals surface area contributed by atoms with Crippen molar-refractivity contribution in [3.8, 4) is 0 Å². The quantitative estimate of drug-likeness (QED) is 0.293. The van der Waals surface area contributed by atoms with Crippen LogP contribution in [0.1, 0.15) is 38.2 Å². The summed E-state index contributed by atoms with van der Waals surface area (Å²) in [6, 6.07) is 15.9. The third kappa shape index (κ3) is 4.97. The van der Waals surface area contributed by atoms with Crippen LogP contribution in [0.25, 0.3) is 10.2 Å². The second-order valence-electron chi connectivity index (χ2n) is 7.39. The third-order valence-corrected chi connectivity index (χ3v) is 6.50. The molecular weight excluding hydrogens is 462 g/mol. The van der Waals surface area contributed by atoms with Gasteiger partial charge >= 0.3 is 5.97 Å².